The summed E-state index contributed by atoms with van der Waals surface area (Å²) in [6.45, 7) is 8.12. The fourth-order valence-electron chi connectivity index (χ4n) is 8.34. The van der Waals surface area contributed by atoms with Crippen LogP contribution in [0.4, 0.5) is 0 Å². The summed E-state index contributed by atoms with van der Waals surface area (Å²) >= 11 is 0. The van der Waals surface area contributed by atoms with E-state index in [4.69, 9.17) is 4.74 Å². The van der Waals surface area contributed by atoms with Crippen LogP contribution in [0.5, 0.6) is 0 Å². The van der Waals surface area contributed by atoms with Gasteiger partial charge in [-0.25, -0.2) is 0 Å². The highest BCUT2D eigenvalue weighted by molar-refractivity contribution is 5.66. The van der Waals surface area contributed by atoms with Crippen LogP contribution >= 0.6 is 0 Å². The van der Waals surface area contributed by atoms with E-state index in [1.54, 1.807) is 0 Å². The largest absolute Gasteiger partial charge is 0.463 e. The lowest BCUT2D eigenvalue weighted by molar-refractivity contribution is -0.216. The molecule has 0 heterocycles. The Balaban J connectivity index is 1.58. The van der Waals surface area contributed by atoms with E-state index in [9.17, 15) is 15.0 Å². The van der Waals surface area contributed by atoms with E-state index in [2.05, 4.69) is 13.8 Å². The number of aliphatic hydroxyl groups is 2. The molecule has 4 aliphatic carbocycles. The minimum Gasteiger partial charge on any atom is -0.463 e. The summed E-state index contributed by atoms with van der Waals surface area (Å²) < 4.78 is 5.55. The van der Waals surface area contributed by atoms with E-state index < -0.39 is 5.60 Å². The summed E-state index contributed by atoms with van der Waals surface area (Å²) in [5.74, 6) is 1.56. The van der Waals surface area contributed by atoms with E-state index in [1.807, 2.05) is 6.92 Å². The Morgan fingerprint density at radius 2 is 1.78 bits per heavy atom. The van der Waals surface area contributed by atoms with Gasteiger partial charge in [-0.3, -0.25) is 4.79 Å². The van der Waals surface area contributed by atoms with Gasteiger partial charge in [-0.15, -0.1) is 0 Å². The highest BCUT2D eigenvalue weighted by Crippen LogP contribution is 2.69. The number of carbonyl (C=O) groups is 1. The molecule has 0 aliphatic heterocycles. The first-order valence-corrected chi connectivity index (χ1v) is 11.2. The van der Waals surface area contributed by atoms with Crippen LogP contribution in [0.25, 0.3) is 0 Å². The van der Waals surface area contributed by atoms with E-state index in [0.29, 0.717) is 17.8 Å². The van der Waals surface area contributed by atoms with Crippen molar-refractivity contribution in [2.75, 3.05) is 0 Å². The molecule has 0 saturated heterocycles. The zero-order chi connectivity index (χ0) is 19.6. The molecule has 4 heteroatoms. The molecule has 4 saturated carbocycles. The van der Waals surface area contributed by atoms with Crippen LogP contribution in [0, 0.1) is 34.5 Å². The average molecular weight is 379 g/mol. The Bertz CT molecular complexity index is 603. The molecule has 0 radical (unpaired) electrons. The van der Waals surface area contributed by atoms with Crippen molar-refractivity contribution in [1.29, 1.82) is 0 Å². The van der Waals surface area contributed by atoms with Crippen molar-refractivity contribution in [3.05, 3.63) is 0 Å². The Morgan fingerprint density at radius 1 is 1.04 bits per heavy atom. The number of hydrogen-bond donors (Lipinski definition) is 2. The second-order valence-electron chi connectivity index (χ2n) is 10.8. The van der Waals surface area contributed by atoms with Crippen molar-refractivity contribution in [3.8, 4) is 0 Å². The van der Waals surface area contributed by atoms with E-state index >= 15 is 0 Å². The molecule has 4 rings (SSSR count). The molecule has 0 amide bonds. The van der Waals surface area contributed by atoms with E-state index in [0.717, 1.165) is 57.8 Å². The van der Waals surface area contributed by atoms with Gasteiger partial charge in [-0.2, -0.15) is 0 Å². The molecule has 4 aliphatic rings. The lowest BCUT2D eigenvalue weighted by Crippen LogP contribution is -2.62. The average Bonchev–Trinajstić information content (AvgIpc) is 2.86. The van der Waals surface area contributed by atoms with Crippen molar-refractivity contribution in [3.63, 3.8) is 0 Å². The van der Waals surface area contributed by atoms with Crippen LogP contribution < -0.4 is 0 Å². The van der Waals surface area contributed by atoms with Gasteiger partial charge < -0.3 is 14.9 Å². The van der Waals surface area contributed by atoms with E-state index in [1.165, 1.54) is 6.92 Å². The highest BCUT2D eigenvalue weighted by Gasteiger charge is 2.67. The fraction of sp³-hybridized carbons (Fsp3) is 0.957. The first-order chi connectivity index (χ1) is 12.6. The summed E-state index contributed by atoms with van der Waals surface area (Å²) in [6, 6.07) is 0. The number of rotatable bonds is 2. The smallest absolute Gasteiger partial charge is 0.302 e. The minimum absolute atomic E-state index is 0.0835. The number of ether oxygens (including phenoxy) is 1. The Hall–Kier alpha value is -0.610. The molecule has 9 atom stereocenters. The number of carbonyl (C=O) groups excluding carboxylic acids is 1. The third-order valence-corrected chi connectivity index (χ3v) is 9.79. The number of fused-ring (bicyclic) bond motifs is 5. The van der Waals surface area contributed by atoms with Crippen LogP contribution in [0.15, 0.2) is 0 Å². The van der Waals surface area contributed by atoms with Gasteiger partial charge >= 0.3 is 5.97 Å². The van der Waals surface area contributed by atoms with Crippen molar-refractivity contribution >= 4 is 5.97 Å². The normalized spacial score (nSPS) is 53.0. The maximum Gasteiger partial charge on any atom is 0.302 e. The maximum atomic E-state index is 12.0. The van der Waals surface area contributed by atoms with Gasteiger partial charge in [0.1, 0.15) is 6.10 Å². The van der Waals surface area contributed by atoms with Crippen LogP contribution in [0.1, 0.15) is 85.5 Å². The highest BCUT2D eigenvalue weighted by atomic mass is 16.5. The van der Waals surface area contributed by atoms with Crippen molar-refractivity contribution in [2.24, 2.45) is 34.5 Å². The van der Waals surface area contributed by atoms with Gasteiger partial charge in [0.25, 0.3) is 0 Å². The summed E-state index contributed by atoms with van der Waals surface area (Å²) in [7, 11) is 0. The molecule has 0 aromatic heterocycles. The number of esters is 1. The molecule has 9 unspecified atom stereocenters. The standard InChI is InChI=1S/C23H38O4/c1-14(24)18-9-12-23(26)20-6-5-16-13-17(27-15(2)25)7-10-21(16,3)19(20)8-11-22(18,23)4/h14,16-20,24,26H,5-13H2,1-4H3. The van der Waals surface area contributed by atoms with Gasteiger partial charge in [-0.05, 0) is 93.8 Å². The minimum atomic E-state index is -0.627. The predicted octanol–water partition coefficient (Wildman–Crippen LogP) is 4.07. The molecule has 0 bridgehead atoms. The van der Waals surface area contributed by atoms with Gasteiger partial charge in [0, 0.05) is 12.3 Å². The molecular weight excluding hydrogens is 340 g/mol. The molecule has 27 heavy (non-hydrogen) atoms. The molecule has 0 aromatic carbocycles. The first kappa shape index (κ1) is 19.7. The Morgan fingerprint density at radius 3 is 2.44 bits per heavy atom. The van der Waals surface area contributed by atoms with Crippen LogP contribution in [-0.2, 0) is 9.53 Å². The summed E-state index contributed by atoms with van der Waals surface area (Å²) in [4.78, 5) is 11.4. The molecular formula is C23H38O4. The molecule has 4 fully saturated rings. The molecule has 154 valence electrons. The van der Waals surface area contributed by atoms with Crippen molar-refractivity contribution in [1.82, 2.24) is 0 Å². The Kier molecular flexibility index (Phi) is 4.71. The van der Waals surface area contributed by atoms with E-state index in [-0.39, 0.29) is 34.9 Å². The predicted molar refractivity (Wildman–Crippen MR) is 104 cm³/mol. The number of aliphatic hydroxyl groups excluding tert-OH is 1. The quantitative estimate of drug-likeness (QED) is 0.711. The van der Waals surface area contributed by atoms with Gasteiger partial charge in [0.2, 0.25) is 0 Å². The maximum absolute atomic E-state index is 12.0. The fourth-order valence-corrected chi connectivity index (χ4v) is 8.34. The first-order valence-electron chi connectivity index (χ1n) is 11.2. The second-order valence-corrected chi connectivity index (χ2v) is 10.8. The number of hydrogen-bond acceptors (Lipinski definition) is 4. The zero-order valence-corrected chi connectivity index (χ0v) is 17.5. The molecule has 2 N–H and O–H groups in total. The summed E-state index contributed by atoms with van der Waals surface area (Å²) in [5.41, 5.74) is -0.529. The van der Waals surface area contributed by atoms with Crippen LogP contribution in [0.2, 0.25) is 0 Å². The van der Waals surface area contributed by atoms with Crippen LogP contribution in [0.3, 0.4) is 0 Å². The third kappa shape index (κ3) is 2.73. The molecule has 0 spiro atoms. The summed E-state index contributed by atoms with van der Waals surface area (Å²) in [5, 5.41) is 22.3. The van der Waals surface area contributed by atoms with Gasteiger partial charge in [0.05, 0.1) is 11.7 Å². The van der Waals surface area contributed by atoms with Crippen molar-refractivity contribution < 1.29 is 19.7 Å². The van der Waals surface area contributed by atoms with Crippen LogP contribution in [-0.4, -0.2) is 34.0 Å². The second kappa shape index (κ2) is 6.45. The monoisotopic (exact) mass is 378 g/mol. The topological polar surface area (TPSA) is 66.8 Å². The lowest BCUT2D eigenvalue weighted by atomic mass is 9.43. The van der Waals surface area contributed by atoms with Gasteiger partial charge in [-0.1, -0.05) is 13.8 Å². The molecule has 0 aromatic rings. The van der Waals surface area contributed by atoms with Gasteiger partial charge in [0.15, 0.2) is 0 Å². The zero-order valence-electron chi connectivity index (χ0n) is 17.5. The van der Waals surface area contributed by atoms with Crippen molar-refractivity contribution in [2.45, 2.75) is 103 Å². The SMILES string of the molecule is CC(=O)OC1CCC2(C)C(CCC3C2CCC2(C)C(C(C)O)CCC32O)C1. The third-order valence-electron chi connectivity index (χ3n) is 9.79. The Labute approximate surface area is 164 Å². The summed E-state index contributed by atoms with van der Waals surface area (Å²) in [6.07, 6.45) is 8.99. The lowest BCUT2D eigenvalue weighted by Gasteiger charge is -2.63. The molecule has 4 nitrogen and oxygen atoms in total.